The third-order valence-corrected chi connectivity index (χ3v) is 3.44. The minimum atomic E-state index is -0.250. The van der Waals surface area contributed by atoms with Gasteiger partial charge >= 0.3 is 5.97 Å². The van der Waals surface area contributed by atoms with Crippen LogP contribution in [-0.4, -0.2) is 49.8 Å². The lowest BCUT2D eigenvalue weighted by Crippen LogP contribution is -2.37. The molecule has 0 saturated carbocycles. The maximum Gasteiger partial charge on any atom is 0.330 e. The second-order valence-electron chi connectivity index (χ2n) is 5.06. The Bertz CT molecular complexity index is 394. The molecule has 1 aliphatic rings. The van der Waals surface area contributed by atoms with E-state index in [1.54, 1.807) is 13.1 Å². The second kappa shape index (κ2) is 10.1. The third-order valence-electron chi connectivity index (χ3n) is 3.44. The number of hydrogen-bond donors (Lipinski definition) is 0. The predicted octanol–water partition coefficient (Wildman–Crippen LogP) is 2.67. The number of piperidine rings is 1. The molecule has 0 amide bonds. The van der Waals surface area contributed by atoms with Crippen molar-refractivity contribution in [3.05, 3.63) is 12.2 Å². The van der Waals surface area contributed by atoms with E-state index in [9.17, 15) is 4.79 Å². The summed E-state index contributed by atoms with van der Waals surface area (Å²) in [6, 6.07) is 0. The van der Waals surface area contributed by atoms with Crippen LogP contribution in [0.25, 0.3) is 0 Å². The van der Waals surface area contributed by atoms with Gasteiger partial charge in [0, 0.05) is 32.4 Å². The molecule has 0 unspecified atom stereocenters. The Balaban J connectivity index is 2.42. The topological polar surface area (TPSA) is 54.3 Å². The van der Waals surface area contributed by atoms with Gasteiger partial charge in [0.05, 0.1) is 6.61 Å². The summed E-state index contributed by atoms with van der Waals surface area (Å²) in [5.41, 5.74) is 0. The van der Waals surface area contributed by atoms with E-state index in [4.69, 9.17) is 4.74 Å². The van der Waals surface area contributed by atoms with Gasteiger partial charge in [-0.2, -0.15) is 0 Å². The smallest absolute Gasteiger partial charge is 0.330 e. The van der Waals surface area contributed by atoms with Crippen molar-refractivity contribution in [1.29, 1.82) is 0 Å². The van der Waals surface area contributed by atoms with Gasteiger partial charge in [0.15, 0.2) is 0 Å². The molecule has 1 fully saturated rings. The zero-order valence-corrected chi connectivity index (χ0v) is 13.4. The molecular weight excluding hydrogens is 266 g/mol. The quantitative estimate of drug-likeness (QED) is 0.339. The van der Waals surface area contributed by atoms with Crippen molar-refractivity contribution in [2.75, 3.05) is 26.7 Å². The van der Waals surface area contributed by atoms with Gasteiger partial charge < -0.3 is 9.64 Å². The molecule has 1 saturated heterocycles. The van der Waals surface area contributed by atoms with E-state index in [2.05, 4.69) is 21.8 Å². The van der Waals surface area contributed by atoms with Crippen LogP contribution in [-0.2, 0) is 9.53 Å². The van der Waals surface area contributed by atoms with Crippen molar-refractivity contribution in [2.24, 2.45) is 15.9 Å². The fraction of sp³-hybridized carbons (Fsp3) is 0.688. The average molecular weight is 293 g/mol. The number of aliphatic imine (C=N–C) groups is 2. The maximum absolute atomic E-state index is 11.3. The van der Waals surface area contributed by atoms with E-state index in [1.807, 2.05) is 19.2 Å². The first kappa shape index (κ1) is 17.4. The normalized spacial score (nSPS) is 17.9. The fourth-order valence-electron chi connectivity index (χ4n) is 2.25. The number of esters is 1. The Hall–Kier alpha value is -1.65. The molecule has 5 nitrogen and oxygen atoms in total. The lowest BCUT2D eigenvalue weighted by atomic mass is 9.96. The third kappa shape index (κ3) is 6.56. The van der Waals surface area contributed by atoms with E-state index < -0.39 is 0 Å². The van der Waals surface area contributed by atoms with Gasteiger partial charge in [-0.25, -0.2) is 9.79 Å². The van der Waals surface area contributed by atoms with Gasteiger partial charge in [-0.15, -0.1) is 0 Å². The molecule has 0 atom stereocenters. The highest BCUT2D eigenvalue weighted by Gasteiger charge is 2.19. The minimum absolute atomic E-state index is 0.250. The molecule has 5 heteroatoms. The number of unbranched alkanes of at least 4 members (excludes halogenated alkanes) is 1. The zero-order chi connectivity index (χ0) is 15.5. The molecule has 0 aromatic carbocycles. The highest BCUT2D eigenvalue weighted by Crippen LogP contribution is 2.19. The Morgan fingerprint density at radius 2 is 2.05 bits per heavy atom. The summed E-state index contributed by atoms with van der Waals surface area (Å²) >= 11 is 0. The molecule has 0 aromatic rings. The summed E-state index contributed by atoms with van der Waals surface area (Å²) in [5.74, 6) is 1.000. The van der Waals surface area contributed by atoms with E-state index in [0.29, 0.717) is 12.5 Å². The molecule has 21 heavy (non-hydrogen) atoms. The summed E-state index contributed by atoms with van der Waals surface area (Å²) in [7, 11) is 1.78. The van der Waals surface area contributed by atoms with Crippen LogP contribution in [0.4, 0.5) is 0 Å². The van der Waals surface area contributed by atoms with Crippen molar-refractivity contribution in [3.63, 3.8) is 0 Å². The van der Waals surface area contributed by atoms with Gasteiger partial charge in [0.2, 0.25) is 5.96 Å². The number of rotatable bonds is 5. The molecule has 1 aliphatic heterocycles. The van der Waals surface area contributed by atoms with Gasteiger partial charge in [-0.3, -0.25) is 4.99 Å². The Labute approximate surface area is 127 Å². The molecule has 0 bridgehead atoms. The van der Waals surface area contributed by atoms with Crippen LogP contribution in [0.3, 0.4) is 0 Å². The summed E-state index contributed by atoms with van der Waals surface area (Å²) in [6.45, 7) is 6.22. The van der Waals surface area contributed by atoms with Crippen molar-refractivity contribution in [2.45, 2.75) is 39.5 Å². The number of carbonyl (C=O) groups excluding carboxylic acids is 1. The van der Waals surface area contributed by atoms with Crippen LogP contribution in [0, 0.1) is 5.92 Å². The van der Waals surface area contributed by atoms with Gasteiger partial charge in [-0.1, -0.05) is 19.4 Å². The van der Waals surface area contributed by atoms with Crippen LogP contribution in [0.2, 0.25) is 0 Å². The number of hydrogen-bond acceptors (Lipinski definition) is 3. The summed E-state index contributed by atoms with van der Waals surface area (Å²) in [5, 5.41) is 0. The zero-order valence-electron chi connectivity index (χ0n) is 13.4. The molecule has 0 aliphatic carbocycles. The Kier molecular flexibility index (Phi) is 8.40. The Morgan fingerprint density at radius 3 is 2.62 bits per heavy atom. The summed E-state index contributed by atoms with van der Waals surface area (Å²) in [6.07, 6.45) is 9.57. The van der Waals surface area contributed by atoms with Crippen LogP contribution in [0.5, 0.6) is 0 Å². The number of allylic oxidation sites excluding steroid dienone is 1. The molecule has 0 aromatic heterocycles. The van der Waals surface area contributed by atoms with Crippen LogP contribution in [0.15, 0.2) is 22.1 Å². The minimum Gasteiger partial charge on any atom is -0.463 e. The van der Waals surface area contributed by atoms with Crippen molar-refractivity contribution >= 4 is 18.1 Å². The highest BCUT2D eigenvalue weighted by atomic mass is 16.5. The van der Waals surface area contributed by atoms with Crippen molar-refractivity contribution in [3.8, 4) is 0 Å². The van der Waals surface area contributed by atoms with E-state index in [1.165, 1.54) is 0 Å². The molecule has 1 heterocycles. The first-order valence-corrected chi connectivity index (χ1v) is 7.80. The first-order valence-electron chi connectivity index (χ1n) is 7.80. The molecule has 0 spiro atoms. The van der Waals surface area contributed by atoms with Crippen LogP contribution in [0.1, 0.15) is 39.5 Å². The monoisotopic (exact) mass is 293 g/mol. The molecule has 118 valence electrons. The fourth-order valence-corrected chi connectivity index (χ4v) is 2.25. The molecule has 0 radical (unpaired) electrons. The number of ether oxygens (including phenoxy) is 1. The molecule has 0 N–H and O–H groups in total. The average Bonchev–Trinajstić information content (AvgIpc) is 2.51. The first-order chi connectivity index (χ1) is 10.2. The summed E-state index contributed by atoms with van der Waals surface area (Å²) < 4.78 is 4.89. The SMILES string of the molecule is CCC/C=N\C(=N/C)N1CCC(/C=C/C(=O)OCC)CC1. The maximum atomic E-state index is 11.3. The van der Waals surface area contributed by atoms with Crippen molar-refractivity contribution in [1.82, 2.24) is 4.90 Å². The summed E-state index contributed by atoms with van der Waals surface area (Å²) in [4.78, 5) is 22.2. The van der Waals surface area contributed by atoms with Gasteiger partial charge in [-0.05, 0) is 32.1 Å². The standard InChI is InChI=1S/C16H27N3O2/c1-4-6-11-18-16(17-3)19-12-9-14(10-13-19)7-8-15(20)21-5-2/h7-8,11,14H,4-6,9-10,12-13H2,1-3H3/b8-7+,17-16+,18-11-. The van der Waals surface area contributed by atoms with Crippen molar-refractivity contribution < 1.29 is 9.53 Å². The van der Waals surface area contributed by atoms with Crippen LogP contribution >= 0.6 is 0 Å². The predicted molar refractivity (Wildman–Crippen MR) is 86.8 cm³/mol. The molecule has 1 rings (SSSR count). The van der Waals surface area contributed by atoms with E-state index >= 15 is 0 Å². The lowest BCUT2D eigenvalue weighted by Gasteiger charge is -2.31. The van der Waals surface area contributed by atoms with E-state index in [-0.39, 0.29) is 5.97 Å². The lowest BCUT2D eigenvalue weighted by molar-refractivity contribution is -0.137. The Morgan fingerprint density at radius 1 is 1.33 bits per heavy atom. The highest BCUT2D eigenvalue weighted by molar-refractivity contribution is 5.87. The van der Waals surface area contributed by atoms with Crippen LogP contribution < -0.4 is 0 Å². The van der Waals surface area contributed by atoms with E-state index in [0.717, 1.165) is 44.7 Å². The van der Waals surface area contributed by atoms with Gasteiger partial charge in [0.1, 0.15) is 0 Å². The van der Waals surface area contributed by atoms with Gasteiger partial charge in [0.25, 0.3) is 0 Å². The number of guanidine groups is 1. The number of likely N-dealkylation sites (tertiary alicyclic amines) is 1. The molecular formula is C16H27N3O2. The largest absolute Gasteiger partial charge is 0.463 e. The number of carbonyl (C=O) groups is 1. The second-order valence-corrected chi connectivity index (χ2v) is 5.06. The number of nitrogens with zero attached hydrogens (tertiary/aromatic N) is 3.